The van der Waals surface area contributed by atoms with Crippen molar-refractivity contribution in [2.45, 2.75) is 19.9 Å². The number of rotatable bonds is 4. The number of nitrogens with one attached hydrogen (secondary N) is 2. The molecule has 0 unspecified atom stereocenters. The van der Waals surface area contributed by atoms with Crippen LogP contribution in [0.15, 0.2) is 24.3 Å². The van der Waals surface area contributed by atoms with Gasteiger partial charge in [0.25, 0.3) is 0 Å². The smallest absolute Gasteiger partial charge is 0.320 e. The summed E-state index contributed by atoms with van der Waals surface area (Å²) in [7, 11) is 0. The van der Waals surface area contributed by atoms with Crippen molar-refractivity contribution < 1.29 is 9.53 Å². The number of carbonyl (C=O) groups excluding carboxylic acids is 1. The second-order valence-electron chi connectivity index (χ2n) is 3.42. The normalized spacial score (nSPS) is 11.1. The monoisotopic (exact) mass is 232 g/mol. The second kappa shape index (κ2) is 6.44. The Hall–Kier alpha value is -2.15. The lowest BCUT2D eigenvalue weighted by molar-refractivity contribution is 0.251. The Morgan fingerprint density at radius 2 is 2.24 bits per heavy atom. The predicted molar refractivity (Wildman–Crippen MR) is 68.1 cm³/mol. The first-order valence-corrected chi connectivity index (χ1v) is 5.42. The molecule has 4 nitrogen and oxygen atoms in total. The van der Waals surface area contributed by atoms with Crippen LogP contribution in [-0.2, 0) is 0 Å². The van der Waals surface area contributed by atoms with Gasteiger partial charge in [0.05, 0.1) is 18.3 Å². The van der Waals surface area contributed by atoms with Crippen LogP contribution in [0.4, 0.5) is 10.5 Å². The Morgan fingerprint density at radius 1 is 1.53 bits per heavy atom. The van der Waals surface area contributed by atoms with Crippen molar-refractivity contribution >= 4 is 11.7 Å². The third-order valence-electron chi connectivity index (χ3n) is 2.03. The molecule has 0 bridgehead atoms. The molecule has 2 N–H and O–H groups in total. The minimum atomic E-state index is -0.345. The molecule has 0 fully saturated rings. The van der Waals surface area contributed by atoms with Gasteiger partial charge >= 0.3 is 6.03 Å². The third-order valence-corrected chi connectivity index (χ3v) is 2.03. The Kier molecular flexibility index (Phi) is 4.89. The van der Waals surface area contributed by atoms with Crippen LogP contribution in [-0.4, -0.2) is 18.7 Å². The van der Waals surface area contributed by atoms with Crippen molar-refractivity contribution in [2.24, 2.45) is 0 Å². The molecular formula is C13H16N2O2. The van der Waals surface area contributed by atoms with E-state index in [0.29, 0.717) is 18.0 Å². The van der Waals surface area contributed by atoms with E-state index in [0.717, 1.165) is 0 Å². The molecule has 0 heterocycles. The molecule has 0 aliphatic heterocycles. The predicted octanol–water partition coefficient (Wildman–Crippen LogP) is 2.23. The highest BCUT2D eigenvalue weighted by molar-refractivity contribution is 5.91. The molecular weight excluding hydrogens is 216 g/mol. The van der Waals surface area contributed by atoms with Crippen LogP contribution in [0, 0.1) is 12.3 Å². The van der Waals surface area contributed by atoms with Crippen LogP contribution >= 0.6 is 0 Å². The first-order valence-electron chi connectivity index (χ1n) is 5.42. The fourth-order valence-electron chi connectivity index (χ4n) is 1.25. The molecule has 17 heavy (non-hydrogen) atoms. The van der Waals surface area contributed by atoms with E-state index in [1.807, 2.05) is 19.1 Å². The van der Waals surface area contributed by atoms with Crippen molar-refractivity contribution in [1.29, 1.82) is 0 Å². The third kappa shape index (κ3) is 4.07. The minimum absolute atomic E-state index is 0.311. The number of para-hydroxylation sites is 2. The summed E-state index contributed by atoms with van der Waals surface area (Å²) in [6.07, 6.45) is 5.17. The molecule has 4 heteroatoms. The van der Waals surface area contributed by atoms with Gasteiger partial charge in [0.2, 0.25) is 0 Å². The van der Waals surface area contributed by atoms with Crippen LogP contribution in [0.25, 0.3) is 0 Å². The number of urea groups is 1. The van der Waals surface area contributed by atoms with E-state index in [1.165, 1.54) is 0 Å². The van der Waals surface area contributed by atoms with Crippen LogP contribution in [0.5, 0.6) is 5.75 Å². The summed E-state index contributed by atoms with van der Waals surface area (Å²) in [6.45, 7) is 4.16. The van der Waals surface area contributed by atoms with Gasteiger partial charge in [-0.15, -0.1) is 6.42 Å². The molecule has 1 rings (SSSR count). The van der Waals surface area contributed by atoms with Crippen molar-refractivity contribution in [3.8, 4) is 18.1 Å². The maximum atomic E-state index is 11.6. The second-order valence-corrected chi connectivity index (χ2v) is 3.42. The van der Waals surface area contributed by atoms with Gasteiger partial charge in [-0.2, -0.15) is 0 Å². The molecule has 0 saturated heterocycles. The molecule has 0 saturated carbocycles. The average molecular weight is 232 g/mol. The molecule has 1 atom stereocenters. The van der Waals surface area contributed by atoms with Crippen LogP contribution in [0.2, 0.25) is 0 Å². The van der Waals surface area contributed by atoms with Crippen LogP contribution in [0.1, 0.15) is 13.8 Å². The van der Waals surface area contributed by atoms with Gasteiger partial charge in [0.1, 0.15) is 5.75 Å². The lowest BCUT2D eigenvalue weighted by atomic mass is 10.3. The van der Waals surface area contributed by atoms with Crippen molar-refractivity contribution in [2.75, 3.05) is 11.9 Å². The molecule has 0 aliphatic carbocycles. The number of anilines is 1. The van der Waals surface area contributed by atoms with E-state index < -0.39 is 0 Å². The fourth-order valence-corrected chi connectivity index (χ4v) is 1.25. The summed E-state index contributed by atoms with van der Waals surface area (Å²) in [6, 6.07) is 6.58. The summed E-state index contributed by atoms with van der Waals surface area (Å²) < 4.78 is 5.39. The van der Waals surface area contributed by atoms with E-state index in [1.54, 1.807) is 19.1 Å². The first-order chi connectivity index (χ1) is 8.17. The molecule has 0 spiro atoms. The number of amides is 2. The first kappa shape index (κ1) is 12.9. The molecule has 0 radical (unpaired) electrons. The molecule has 1 aromatic rings. The highest BCUT2D eigenvalue weighted by atomic mass is 16.5. The summed E-state index contributed by atoms with van der Waals surface area (Å²) in [5, 5.41) is 5.30. The van der Waals surface area contributed by atoms with Gasteiger partial charge in [-0.25, -0.2) is 4.79 Å². The molecule has 0 aromatic heterocycles. The summed E-state index contributed by atoms with van der Waals surface area (Å²) in [5.41, 5.74) is 0.621. The molecule has 2 amide bonds. The summed E-state index contributed by atoms with van der Waals surface area (Å²) in [4.78, 5) is 11.6. The maximum absolute atomic E-state index is 11.6. The van der Waals surface area contributed by atoms with Gasteiger partial charge in [0, 0.05) is 0 Å². The van der Waals surface area contributed by atoms with Gasteiger partial charge in [0.15, 0.2) is 0 Å². The Morgan fingerprint density at radius 3 is 2.88 bits per heavy atom. The van der Waals surface area contributed by atoms with Gasteiger partial charge in [-0.1, -0.05) is 18.1 Å². The number of hydrogen-bond donors (Lipinski definition) is 2. The average Bonchev–Trinajstić information content (AvgIpc) is 2.31. The summed E-state index contributed by atoms with van der Waals surface area (Å²) >= 11 is 0. The highest BCUT2D eigenvalue weighted by Crippen LogP contribution is 2.23. The minimum Gasteiger partial charge on any atom is -0.492 e. The van der Waals surface area contributed by atoms with Crippen LogP contribution in [0.3, 0.4) is 0 Å². The molecule has 1 aromatic carbocycles. The van der Waals surface area contributed by atoms with Crippen molar-refractivity contribution in [3.05, 3.63) is 24.3 Å². The lowest BCUT2D eigenvalue weighted by Gasteiger charge is -2.13. The number of terminal acetylenes is 1. The highest BCUT2D eigenvalue weighted by Gasteiger charge is 2.08. The van der Waals surface area contributed by atoms with Crippen molar-refractivity contribution in [1.82, 2.24) is 5.32 Å². The zero-order valence-electron chi connectivity index (χ0n) is 9.99. The SMILES string of the molecule is C#C[C@@H](C)NC(=O)Nc1ccccc1OCC. The topological polar surface area (TPSA) is 50.4 Å². The van der Waals surface area contributed by atoms with E-state index in [4.69, 9.17) is 11.2 Å². The molecule has 90 valence electrons. The van der Waals surface area contributed by atoms with Crippen LogP contribution < -0.4 is 15.4 Å². The van der Waals surface area contributed by atoms with Crippen molar-refractivity contribution in [3.63, 3.8) is 0 Å². The zero-order chi connectivity index (χ0) is 12.7. The number of hydrogen-bond acceptors (Lipinski definition) is 2. The number of ether oxygens (including phenoxy) is 1. The maximum Gasteiger partial charge on any atom is 0.320 e. The Bertz CT molecular complexity index is 424. The number of benzene rings is 1. The van der Waals surface area contributed by atoms with E-state index in [-0.39, 0.29) is 12.1 Å². The van der Waals surface area contributed by atoms with E-state index in [9.17, 15) is 4.79 Å². The fraction of sp³-hybridized carbons (Fsp3) is 0.308. The quantitative estimate of drug-likeness (QED) is 0.782. The van der Waals surface area contributed by atoms with Gasteiger partial charge < -0.3 is 15.4 Å². The molecule has 0 aliphatic rings. The largest absolute Gasteiger partial charge is 0.492 e. The van der Waals surface area contributed by atoms with E-state index >= 15 is 0 Å². The lowest BCUT2D eigenvalue weighted by Crippen LogP contribution is -2.35. The standard InChI is InChI=1S/C13H16N2O2/c1-4-10(3)14-13(16)15-11-8-6-7-9-12(11)17-5-2/h1,6-10H,5H2,2-3H3,(H2,14,15,16)/t10-/m1/s1. The Labute approximate surface area is 101 Å². The van der Waals surface area contributed by atoms with Gasteiger partial charge in [-0.3, -0.25) is 0 Å². The zero-order valence-corrected chi connectivity index (χ0v) is 9.99. The Balaban J connectivity index is 2.68. The number of carbonyl (C=O) groups is 1. The van der Waals surface area contributed by atoms with Gasteiger partial charge in [-0.05, 0) is 26.0 Å². The van der Waals surface area contributed by atoms with E-state index in [2.05, 4.69) is 16.6 Å². The summed E-state index contributed by atoms with van der Waals surface area (Å²) in [5.74, 6) is 3.06.